The number of aromatic nitrogens is 3. The van der Waals surface area contributed by atoms with Gasteiger partial charge in [-0.1, -0.05) is 0 Å². The van der Waals surface area contributed by atoms with Crippen LogP contribution in [0.4, 0.5) is 5.95 Å². The van der Waals surface area contributed by atoms with E-state index in [9.17, 15) is 8.42 Å². The molecule has 1 aliphatic heterocycles. The fraction of sp³-hybridized carbons (Fsp3) is 0.571. The molecule has 8 nitrogen and oxygen atoms in total. The first kappa shape index (κ1) is 16.0. The van der Waals surface area contributed by atoms with E-state index in [0.717, 1.165) is 17.3 Å². The number of piperazine rings is 1. The monoisotopic (exact) mass is 339 g/mol. The Morgan fingerprint density at radius 2 is 1.96 bits per heavy atom. The summed E-state index contributed by atoms with van der Waals surface area (Å²) in [6, 6.07) is 1.91. The smallest absolute Gasteiger partial charge is 0.227 e. The molecule has 23 heavy (non-hydrogen) atoms. The van der Waals surface area contributed by atoms with Crippen molar-refractivity contribution in [1.29, 1.82) is 0 Å². The molecule has 126 valence electrons. The molecule has 3 heterocycles. The van der Waals surface area contributed by atoms with Crippen LogP contribution in [-0.2, 0) is 23.5 Å². The first-order valence-electron chi connectivity index (χ1n) is 7.63. The summed E-state index contributed by atoms with van der Waals surface area (Å²) in [5, 5.41) is 8.52. The minimum atomic E-state index is -3.11. The maximum absolute atomic E-state index is 11.9. The summed E-state index contributed by atoms with van der Waals surface area (Å²) < 4.78 is 32.4. The van der Waals surface area contributed by atoms with Gasteiger partial charge < -0.3 is 13.9 Å². The van der Waals surface area contributed by atoms with Crippen LogP contribution in [-0.4, -0.2) is 59.4 Å². The lowest BCUT2D eigenvalue weighted by molar-refractivity contribution is 0.382. The predicted octanol–water partition coefficient (Wildman–Crippen LogP) is 0.471. The third-order valence-corrected chi connectivity index (χ3v) is 6.05. The van der Waals surface area contributed by atoms with Gasteiger partial charge in [-0.2, -0.15) is 4.31 Å². The second kappa shape index (κ2) is 6.32. The summed E-state index contributed by atoms with van der Waals surface area (Å²) in [7, 11) is -1.18. The van der Waals surface area contributed by atoms with Crippen LogP contribution in [0.25, 0.3) is 0 Å². The van der Waals surface area contributed by atoms with Crippen molar-refractivity contribution in [3.05, 3.63) is 30.0 Å². The number of hydrogen-bond donors (Lipinski definition) is 0. The van der Waals surface area contributed by atoms with Crippen LogP contribution in [0.3, 0.4) is 0 Å². The zero-order valence-electron chi connectivity index (χ0n) is 13.3. The van der Waals surface area contributed by atoms with Gasteiger partial charge in [-0.05, 0) is 18.6 Å². The van der Waals surface area contributed by atoms with E-state index < -0.39 is 10.0 Å². The van der Waals surface area contributed by atoms with E-state index in [2.05, 4.69) is 15.1 Å². The molecule has 0 atom stereocenters. The fourth-order valence-electron chi connectivity index (χ4n) is 2.71. The lowest BCUT2D eigenvalue weighted by Gasteiger charge is -2.34. The minimum Gasteiger partial charge on any atom is -0.472 e. The van der Waals surface area contributed by atoms with E-state index >= 15 is 0 Å². The zero-order chi connectivity index (χ0) is 16.4. The van der Waals surface area contributed by atoms with E-state index in [1.165, 1.54) is 0 Å². The summed E-state index contributed by atoms with van der Waals surface area (Å²) in [5.41, 5.74) is 1.05. The second-order valence-electron chi connectivity index (χ2n) is 5.57. The molecule has 0 aromatic carbocycles. The Labute approximate surface area is 135 Å². The Bertz CT molecular complexity index is 745. The molecule has 0 amide bonds. The molecule has 3 rings (SSSR count). The van der Waals surface area contributed by atoms with Gasteiger partial charge in [-0.15, -0.1) is 10.2 Å². The molecule has 0 N–H and O–H groups in total. The van der Waals surface area contributed by atoms with Gasteiger partial charge in [0.15, 0.2) is 0 Å². The molecule has 0 saturated carbocycles. The highest BCUT2D eigenvalue weighted by molar-refractivity contribution is 7.89. The highest BCUT2D eigenvalue weighted by Crippen LogP contribution is 2.17. The predicted molar refractivity (Wildman–Crippen MR) is 85.8 cm³/mol. The molecular weight excluding hydrogens is 318 g/mol. The maximum Gasteiger partial charge on any atom is 0.227 e. The van der Waals surface area contributed by atoms with Gasteiger partial charge in [0, 0.05) is 39.6 Å². The van der Waals surface area contributed by atoms with Gasteiger partial charge in [-0.25, -0.2) is 8.42 Å². The molecule has 9 heteroatoms. The quantitative estimate of drug-likeness (QED) is 0.787. The van der Waals surface area contributed by atoms with Crippen LogP contribution in [0.15, 0.2) is 23.0 Å². The van der Waals surface area contributed by atoms with E-state index in [1.807, 2.05) is 17.7 Å². The Kier molecular flexibility index (Phi) is 4.40. The van der Waals surface area contributed by atoms with Crippen LogP contribution in [0, 0.1) is 0 Å². The summed E-state index contributed by atoms with van der Waals surface area (Å²) in [6.45, 7) is 3.89. The Balaban J connectivity index is 1.68. The SMILES string of the molecule is CCS(=O)(=O)N1CCN(c2nnc(Cc3ccoc3)n2C)CC1. The average Bonchev–Trinajstić information content (AvgIpc) is 3.19. The van der Waals surface area contributed by atoms with Crippen LogP contribution >= 0.6 is 0 Å². The Hall–Kier alpha value is -1.87. The molecule has 0 spiro atoms. The molecule has 1 fully saturated rings. The van der Waals surface area contributed by atoms with Gasteiger partial charge in [0.05, 0.1) is 18.3 Å². The molecular formula is C14H21N5O3S. The third kappa shape index (κ3) is 3.25. The standard InChI is InChI=1S/C14H21N5O3S/c1-3-23(20,21)19-7-5-18(6-8-19)14-16-15-13(17(14)2)10-12-4-9-22-11-12/h4,9,11H,3,5-8,10H2,1-2H3. The molecule has 2 aromatic heterocycles. The van der Waals surface area contributed by atoms with Crippen LogP contribution in [0.1, 0.15) is 18.3 Å². The highest BCUT2D eigenvalue weighted by atomic mass is 32.2. The molecule has 0 bridgehead atoms. The van der Waals surface area contributed by atoms with Crippen molar-refractivity contribution in [3.63, 3.8) is 0 Å². The topological polar surface area (TPSA) is 84.5 Å². The number of nitrogens with zero attached hydrogens (tertiary/aromatic N) is 5. The Morgan fingerprint density at radius 3 is 2.57 bits per heavy atom. The first-order valence-corrected chi connectivity index (χ1v) is 9.24. The summed E-state index contributed by atoms with van der Waals surface area (Å²) in [6.07, 6.45) is 3.99. The summed E-state index contributed by atoms with van der Waals surface area (Å²) >= 11 is 0. The maximum atomic E-state index is 11.9. The van der Waals surface area contributed by atoms with Gasteiger partial charge in [-0.3, -0.25) is 0 Å². The molecule has 1 saturated heterocycles. The van der Waals surface area contributed by atoms with Crippen molar-refractivity contribution >= 4 is 16.0 Å². The summed E-state index contributed by atoms with van der Waals surface area (Å²) in [4.78, 5) is 2.08. The molecule has 1 aliphatic rings. The Morgan fingerprint density at radius 1 is 1.22 bits per heavy atom. The molecule has 2 aromatic rings. The van der Waals surface area contributed by atoms with Crippen molar-refractivity contribution in [2.75, 3.05) is 36.8 Å². The molecule has 0 unspecified atom stereocenters. The van der Waals surface area contributed by atoms with E-state index in [0.29, 0.717) is 32.6 Å². The van der Waals surface area contributed by atoms with Gasteiger partial charge in [0.2, 0.25) is 16.0 Å². The number of sulfonamides is 1. The van der Waals surface area contributed by atoms with Crippen LogP contribution < -0.4 is 4.90 Å². The first-order chi connectivity index (χ1) is 11.0. The molecule has 0 radical (unpaired) electrons. The van der Waals surface area contributed by atoms with E-state index in [4.69, 9.17) is 4.42 Å². The number of rotatable bonds is 5. The highest BCUT2D eigenvalue weighted by Gasteiger charge is 2.27. The van der Waals surface area contributed by atoms with Gasteiger partial charge in [0.1, 0.15) is 5.82 Å². The number of anilines is 1. The van der Waals surface area contributed by atoms with Crippen molar-refractivity contribution in [3.8, 4) is 0 Å². The van der Waals surface area contributed by atoms with E-state index in [-0.39, 0.29) is 5.75 Å². The van der Waals surface area contributed by atoms with Crippen LogP contribution in [0.2, 0.25) is 0 Å². The number of furan rings is 1. The average molecular weight is 339 g/mol. The second-order valence-corrected chi connectivity index (χ2v) is 7.83. The van der Waals surface area contributed by atoms with E-state index in [1.54, 1.807) is 23.8 Å². The zero-order valence-corrected chi connectivity index (χ0v) is 14.2. The fourth-order valence-corrected chi connectivity index (χ4v) is 3.79. The van der Waals surface area contributed by atoms with Crippen molar-refractivity contribution in [2.45, 2.75) is 13.3 Å². The summed E-state index contributed by atoms with van der Waals surface area (Å²) in [5.74, 6) is 1.77. The minimum absolute atomic E-state index is 0.145. The van der Waals surface area contributed by atoms with Crippen LogP contribution in [0.5, 0.6) is 0 Å². The van der Waals surface area contributed by atoms with Crippen molar-refractivity contribution in [1.82, 2.24) is 19.1 Å². The lowest BCUT2D eigenvalue weighted by Crippen LogP contribution is -2.49. The lowest BCUT2D eigenvalue weighted by atomic mass is 10.2. The molecule has 0 aliphatic carbocycles. The van der Waals surface area contributed by atoms with Gasteiger partial charge >= 0.3 is 0 Å². The third-order valence-electron chi connectivity index (χ3n) is 4.16. The van der Waals surface area contributed by atoms with Crippen molar-refractivity contribution in [2.24, 2.45) is 7.05 Å². The van der Waals surface area contributed by atoms with Gasteiger partial charge in [0.25, 0.3) is 0 Å². The number of hydrogen-bond acceptors (Lipinski definition) is 6. The van der Waals surface area contributed by atoms with Crippen molar-refractivity contribution < 1.29 is 12.8 Å². The largest absolute Gasteiger partial charge is 0.472 e. The normalized spacial score (nSPS) is 16.9.